The third kappa shape index (κ3) is 1.47. The summed E-state index contributed by atoms with van der Waals surface area (Å²) in [6.07, 6.45) is 4.39. The van der Waals surface area contributed by atoms with Gasteiger partial charge in [-0.25, -0.2) is 0 Å². The molecule has 0 amide bonds. The first-order valence-electron chi connectivity index (χ1n) is 4.22. The van der Waals surface area contributed by atoms with Crippen LogP contribution in [0.25, 0.3) is 0 Å². The molecule has 0 aliphatic heterocycles. The molecule has 0 aromatic rings. The van der Waals surface area contributed by atoms with Gasteiger partial charge in [-0.1, -0.05) is 40.0 Å². The topological polar surface area (TPSA) is 0 Å². The summed E-state index contributed by atoms with van der Waals surface area (Å²) in [5.41, 5.74) is 0. The second kappa shape index (κ2) is 2.72. The van der Waals surface area contributed by atoms with Crippen LogP contribution in [-0.2, 0) is 0 Å². The average molecular weight is 126 g/mol. The predicted molar refractivity (Wildman–Crippen MR) is 41.3 cm³/mol. The van der Waals surface area contributed by atoms with Crippen LogP contribution in [0.2, 0.25) is 0 Å². The van der Waals surface area contributed by atoms with Crippen molar-refractivity contribution in [1.82, 2.24) is 0 Å². The molecule has 9 heavy (non-hydrogen) atoms. The number of hydrogen-bond donors (Lipinski definition) is 0. The van der Waals surface area contributed by atoms with Gasteiger partial charge in [0.1, 0.15) is 0 Å². The van der Waals surface area contributed by atoms with E-state index in [2.05, 4.69) is 20.8 Å². The van der Waals surface area contributed by atoms with Crippen LogP contribution < -0.4 is 0 Å². The van der Waals surface area contributed by atoms with E-state index in [-0.39, 0.29) is 0 Å². The summed E-state index contributed by atoms with van der Waals surface area (Å²) in [6, 6.07) is 0. The van der Waals surface area contributed by atoms with Crippen molar-refractivity contribution in [1.29, 1.82) is 0 Å². The molecule has 0 heteroatoms. The number of rotatable bonds is 0. The molecule has 0 N–H and O–H groups in total. The largest absolute Gasteiger partial charge is 0.0622 e. The van der Waals surface area contributed by atoms with Gasteiger partial charge >= 0.3 is 0 Å². The van der Waals surface area contributed by atoms with Gasteiger partial charge in [0.15, 0.2) is 0 Å². The summed E-state index contributed by atoms with van der Waals surface area (Å²) in [5, 5.41) is 0. The Bertz CT molecular complexity index is 76.0. The van der Waals surface area contributed by atoms with Crippen molar-refractivity contribution >= 4 is 0 Å². The lowest BCUT2D eigenvalue weighted by Gasteiger charge is -2.31. The first kappa shape index (κ1) is 7.11. The van der Waals surface area contributed by atoms with E-state index in [1.165, 1.54) is 19.3 Å². The molecule has 1 aliphatic rings. The Morgan fingerprint density at radius 2 is 1.33 bits per heavy atom. The maximum Gasteiger partial charge on any atom is -0.0391 e. The minimum atomic E-state index is 0.971. The van der Waals surface area contributed by atoms with Crippen LogP contribution in [0, 0.1) is 17.8 Å². The second-order valence-electron chi connectivity index (χ2n) is 3.74. The molecule has 1 fully saturated rings. The molecule has 0 radical (unpaired) electrons. The highest BCUT2D eigenvalue weighted by Crippen LogP contribution is 2.33. The minimum absolute atomic E-state index is 0.971. The zero-order chi connectivity index (χ0) is 6.85. The molecule has 1 rings (SSSR count). The minimum Gasteiger partial charge on any atom is -0.0622 e. The Balaban J connectivity index is 2.41. The SMILES string of the molecule is CC1CCC[C@@H](C)C1C. The summed E-state index contributed by atoms with van der Waals surface area (Å²) in [4.78, 5) is 0. The monoisotopic (exact) mass is 126 g/mol. The molecule has 0 aromatic carbocycles. The van der Waals surface area contributed by atoms with Gasteiger partial charge in [-0.3, -0.25) is 0 Å². The molecular formula is C9H18. The third-order valence-electron chi connectivity index (χ3n) is 3.11. The van der Waals surface area contributed by atoms with Crippen LogP contribution in [0.4, 0.5) is 0 Å². The molecule has 2 unspecified atom stereocenters. The van der Waals surface area contributed by atoms with E-state index in [0.717, 1.165) is 17.8 Å². The molecule has 0 nitrogen and oxygen atoms in total. The van der Waals surface area contributed by atoms with Crippen LogP contribution in [0.15, 0.2) is 0 Å². The first-order chi connectivity index (χ1) is 4.22. The third-order valence-corrected chi connectivity index (χ3v) is 3.11. The van der Waals surface area contributed by atoms with E-state index in [4.69, 9.17) is 0 Å². The van der Waals surface area contributed by atoms with E-state index in [1.54, 1.807) is 0 Å². The lowest BCUT2D eigenvalue weighted by atomic mass is 9.75. The van der Waals surface area contributed by atoms with Crippen molar-refractivity contribution in [2.24, 2.45) is 17.8 Å². The summed E-state index contributed by atoms with van der Waals surface area (Å²) < 4.78 is 0. The molecule has 0 saturated heterocycles. The van der Waals surface area contributed by atoms with Gasteiger partial charge in [0.2, 0.25) is 0 Å². The lowest BCUT2D eigenvalue weighted by molar-refractivity contribution is 0.197. The Labute approximate surface area is 58.7 Å². The summed E-state index contributed by atoms with van der Waals surface area (Å²) >= 11 is 0. The molecule has 0 aromatic heterocycles. The van der Waals surface area contributed by atoms with Gasteiger partial charge in [0.25, 0.3) is 0 Å². The fourth-order valence-corrected chi connectivity index (χ4v) is 1.85. The van der Waals surface area contributed by atoms with Crippen molar-refractivity contribution < 1.29 is 0 Å². The van der Waals surface area contributed by atoms with Crippen molar-refractivity contribution in [3.05, 3.63) is 0 Å². The summed E-state index contributed by atoms with van der Waals surface area (Å²) in [5.74, 6) is 2.93. The lowest BCUT2D eigenvalue weighted by Crippen LogP contribution is -2.21. The van der Waals surface area contributed by atoms with Gasteiger partial charge < -0.3 is 0 Å². The standard InChI is InChI=1S/C9H18/c1-7-5-4-6-8(2)9(7)3/h7-9H,4-6H2,1-3H3/t7-,8?,9?/m1/s1. The van der Waals surface area contributed by atoms with Crippen LogP contribution in [-0.4, -0.2) is 0 Å². The van der Waals surface area contributed by atoms with E-state index >= 15 is 0 Å². The quantitative estimate of drug-likeness (QED) is 0.468. The van der Waals surface area contributed by atoms with E-state index in [1.807, 2.05) is 0 Å². The second-order valence-corrected chi connectivity index (χ2v) is 3.74. The maximum atomic E-state index is 2.40. The molecule has 1 aliphatic carbocycles. The first-order valence-corrected chi connectivity index (χ1v) is 4.22. The van der Waals surface area contributed by atoms with Gasteiger partial charge in [-0.05, 0) is 17.8 Å². The molecule has 54 valence electrons. The van der Waals surface area contributed by atoms with E-state index < -0.39 is 0 Å². The number of hydrogen-bond acceptors (Lipinski definition) is 0. The van der Waals surface area contributed by atoms with Crippen LogP contribution >= 0.6 is 0 Å². The average Bonchev–Trinajstić information content (AvgIpc) is 1.83. The summed E-state index contributed by atoms with van der Waals surface area (Å²) in [6.45, 7) is 7.18. The molecule has 0 bridgehead atoms. The van der Waals surface area contributed by atoms with Crippen molar-refractivity contribution in [2.45, 2.75) is 40.0 Å². The Morgan fingerprint density at radius 1 is 0.889 bits per heavy atom. The summed E-state index contributed by atoms with van der Waals surface area (Å²) in [7, 11) is 0. The molecule has 3 atom stereocenters. The fourth-order valence-electron chi connectivity index (χ4n) is 1.85. The fraction of sp³-hybridized carbons (Fsp3) is 1.00. The predicted octanol–water partition coefficient (Wildman–Crippen LogP) is 3.08. The highest BCUT2D eigenvalue weighted by Gasteiger charge is 2.22. The highest BCUT2D eigenvalue weighted by atomic mass is 14.3. The van der Waals surface area contributed by atoms with Gasteiger partial charge in [-0.15, -0.1) is 0 Å². The van der Waals surface area contributed by atoms with Crippen LogP contribution in [0.1, 0.15) is 40.0 Å². The molecule has 0 heterocycles. The van der Waals surface area contributed by atoms with E-state index in [9.17, 15) is 0 Å². The van der Waals surface area contributed by atoms with Crippen LogP contribution in [0.5, 0.6) is 0 Å². The molecule has 1 saturated carbocycles. The van der Waals surface area contributed by atoms with Crippen molar-refractivity contribution in [2.75, 3.05) is 0 Å². The zero-order valence-corrected chi connectivity index (χ0v) is 6.85. The zero-order valence-electron chi connectivity index (χ0n) is 6.85. The normalized spacial score (nSPS) is 45.0. The maximum absolute atomic E-state index is 2.40. The Morgan fingerprint density at radius 3 is 1.67 bits per heavy atom. The van der Waals surface area contributed by atoms with Gasteiger partial charge in [0.05, 0.1) is 0 Å². The highest BCUT2D eigenvalue weighted by molar-refractivity contribution is 4.73. The Hall–Kier alpha value is 0. The van der Waals surface area contributed by atoms with Gasteiger partial charge in [0, 0.05) is 0 Å². The van der Waals surface area contributed by atoms with E-state index in [0.29, 0.717) is 0 Å². The Kier molecular flexibility index (Phi) is 2.15. The van der Waals surface area contributed by atoms with Gasteiger partial charge in [-0.2, -0.15) is 0 Å². The van der Waals surface area contributed by atoms with Crippen LogP contribution in [0.3, 0.4) is 0 Å². The molecular weight excluding hydrogens is 108 g/mol. The molecule has 0 spiro atoms. The van der Waals surface area contributed by atoms with Crippen molar-refractivity contribution in [3.8, 4) is 0 Å². The van der Waals surface area contributed by atoms with Crippen molar-refractivity contribution in [3.63, 3.8) is 0 Å². The smallest absolute Gasteiger partial charge is 0.0391 e.